The summed E-state index contributed by atoms with van der Waals surface area (Å²) in [6, 6.07) is 7.75. The van der Waals surface area contributed by atoms with Crippen LogP contribution in [0.5, 0.6) is 0 Å². The number of rotatable bonds is 7. The Balaban J connectivity index is 1.43. The first kappa shape index (κ1) is 19.4. The number of amides is 1. The summed E-state index contributed by atoms with van der Waals surface area (Å²) in [5.41, 5.74) is 0.118. The highest BCUT2D eigenvalue weighted by Crippen LogP contribution is 2.33. The maximum absolute atomic E-state index is 12.3. The molecule has 2 aliphatic heterocycles. The van der Waals surface area contributed by atoms with Crippen molar-refractivity contribution < 1.29 is 9.53 Å². The van der Waals surface area contributed by atoms with Crippen molar-refractivity contribution in [3.8, 4) is 0 Å². The second kappa shape index (κ2) is 9.51. The lowest BCUT2D eigenvalue weighted by Gasteiger charge is -2.43. The molecule has 0 radical (unpaired) electrons. The van der Waals surface area contributed by atoms with Crippen LogP contribution in [0.25, 0.3) is 0 Å². The smallest absolute Gasteiger partial charge is 0.220 e. The number of halogens is 1. The Morgan fingerprint density at radius 1 is 1.32 bits per heavy atom. The molecule has 1 amide bonds. The van der Waals surface area contributed by atoms with Gasteiger partial charge in [0.25, 0.3) is 0 Å². The maximum Gasteiger partial charge on any atom is 0.220 e. The van der Waals surface area contributed by atoms with E-state index in [1.807, 2.05) is 36.0 Å². The van der Waals surface area contributed by atoms with Gasteiger partial charge < -0.3 is 10.1 Å². The standard InChI is InChI=1S/C18H25ClN2O2S2/c19-15-1-3-16(4-2-15)25-11-5-17(22)20-13-18(6-12-24-14-18)21-7-9-23-10-8-21/h1-4H,5-14H2,(H,20,22). The molecule has 4 nitrogen and oxygen atoms in total. The van der Waals surface area contributed by atoms with Gasteiger partial charge in [-0.1, -0.05) is 11.6 Å². The highest BCUT2D eigenvalue weighted by Gasteiger charge is 2.40. The van der Waals surface area contributed by atoms with Gasteiger partial charge in [-0.3, -0.25) is 9.69 Å². The lowest BCUT2D eigenvalue weighted by molar-refractivity contribution is -0.121. The fourth-order valence-electron chi connectivity index (χ4n) is 3.28. The largest absolute Gasteiger partial charge is 0.379 e. The van der Waals surface area contributed by atoms with Gasteiger partial charge in [0.05, 0.1) is 13.2 Å². The average molecular weight is 401 g/mol. The molecule has 25 heavy (non-hydrogen) atoms. The third-order valence-electron chi connectivity index (χ3n) is 4.79. The van der Waals surface area contributed by atoms with Crippen molar-refractivity contribution in [1.29, 1.82) is 0 Å². The minimum atomic E-state index is 0.118. The predicted molar refractivity (Wildman–Crippen MR) is 107 cm³/mol. The molecule has 1 atom stereocenters. The summed E-state index contributed by atoms with van der Waals surface area (Å²) in [6.45, 7) is 4.31. The van der Waals surface area contributed by atoms with Gasteiger partial charge >= 0.3 is 0 Å². The molecular weight excluding hydrogens is 376 g/mol. The molecule has 0 spiro atoms. The highest BCUT2D eigenvalue weighted by molar-refractivity contribution is 7.99. The van der Waals surface area contributed by atoms with Crippen LogP contribution in [0.3, 0.4) is 0 Å². The van der Waals surface area contributed by atoms with E-state index in [9.17, 15) is 4.79 Å². The summed E-state index contributed by atoms with van der Waals surface area (Å²) < 4.78 is 5.49. The molecule has 0 aliphatic carbocycles. The molecule has 1 aromatic carbocycles. The van der Waals surface area contributed by atoms with Crippen molar-refractivity contribution in [2.75, 3.05) is 50.1 Å². The number of benzene rings is 1. The van der Waals surface area contributed by atoms with Crippen LogP contribution in [0.1, 0.15) is 12.8 Å². The Hall–Kier alpha value is -0.400. The topological polar surface area (TPSA) is 41.6 Å². The number of carbonyl (C=O) groups is 1. The van der Waals surface area contributed by atoms with Gasteiger partial charge in [0, 0.05) is 53.0 Å². The molecule has 7 heteroatoms. The summed E-state index contributed by atoms with van der Waals surface area (Å²) in [4.78, 5) is 15.9. The normalized spacial score (nSPS) is 24.4. The Labute approximate surface area is 163 Å². The zero-order valence-electron chi connectivity index (χ0n) is 14.3. The second-order valence-electron chi connectivity index (χ2n) is 6.46. The third-order valence-corrected chi connectivity index (χ3v) is 7.29. The Kier molecular flexibility index (Phi) is 7.37. The molecule has 2 fully saturated rings. The van der Waals surface area contributed by atoms with Gasteiger partial charge in [-0.25, -0.2) is 0 Å². The van der Waals surface area contributed by atoms with Crippen molar-refractivity contribution in [2.24, 2.45) is 0 Å². The lowest BCUT2D eigenvalue weighted by Crippen LogP contribution is -2.59. The van der Waals surface area contributed by atoms with Crippen molar-refractivity contribution in [3.05, 3.63) is 29.3 Å². The monoisotopic (exact) mass is 400 g/mol. The quantitative estimate of drug-likeness (QED) is 0.712. The van der Waals surface area contributed by atoms with Gasteiger partial charge in [0.15, 0.2) is 0 Å². The van der Waals surface area contributed by atoms with E-state index in [0.29, 0.717) is 6.42 Å². The summed E-state index contributed by atoms with van der Waals surface area (Å²) in [5.74, 6) is 3.21. The maximum atomic E-state index is 12.3. The Bertz CT molecular complexity index is 559. The number of carbonyl (C=O) groups excluding carboxylic acids is 1. The van der Waals surface area contributed by atoms with E-state index in [1.54, 1.807) is 11.8 Å². The second-order valence-corrected chi connectivity index (χ2v) is 9.17. The molecule has 1 unspecified atom stereocenters. The highest BCUT2D eigenvalue weighted by atomic mass is 35.5. The van der Waals surface area contributed by atoms with E-state index in [2.05, 4.69) is 10.2 Å². The average Bonchev–Trinajstić information content (AvgIpc) is 3.13. The molecule has 1 N–H and O–H groups in total. The molecule has 1 aromatic rings. The van der Waals surface area contributed by atoms with Crippen LogP contribution in [0.2, 0.25) is 5.02 Å². The van der Waals surface area contributed by atoms with Gasteiger partial charge in [-0.05, 0) is 36.4 Å². The number of thioether (sulfide) groups is 2. The molecule has 0 saturated carbocycles. The number of hydrogen-bond donors (Lipinski definition) is 1. The van der Waals surface area contributed by atoms with E-state index >= 15 is 0 Å². The van der Waals surface area contributed by atoms with E-state index < -0.39 is 0 Å². The van der Waals surface area contributed by atoms with E-state index in [1.165, 1.54) is 5.75 Å². The molecule has 3 rings (SSSR count). The van der Waals surface area contributed by atoms with Gasteiger partial charge in [-0.15, -0.1) is 11.8 Å². The lowest BCUT2D eigenvalue weighted by atomic mass is 9.95. The summed E-state index contributed by atoms with van der Waals surface area (Å²) in [5, 5.41) is 3.93. The summed E-state index contributed by atoms with van der Waals surface area (Å²) in [6.07, 6.45) is 1.69. The number of nitrogens with zero attached hydrogens (tertiary/aromatic N) is 1. The van der Waals surface area contributed by atoms with Crippen LogP contribution in [0, 0.1) is 0 Å². The molecule has 2 saturated heterocycles. The van der Waals surface area contributed by atoms with Crippen LogP contribution in [0.4, 0.5) is 0 Å². The van der Waals surface area contributed by atoms with Gasteiger partial charge in [-0.2, -0.15) is 11.8 Å². The van der Waals surface area contributed by atoms with Crippen molar-refractivity contribution in [1.82, 2.24) is 10.2 Å². The Morgan fingerprint density at radius 3 is 2.76 bits per heavy atom. The molecule has 2 aliphatic rings. The summed E-state index contributed by atoms with van der Waals surface area (Å²) >= 11 is 9.58. The van der Waals surface area contributed by atoms with Crippen molar-refractivity contribution in [2.45, 2.75) is 23.3 Å². The van der Waals surface area contributed by atoms with Crippen LogP contribution in [-0.4, -0.2) is 66.5 Å². The number of morpholine rings is 1. The first-order chi connectivity index (χ1) is 12.2. The molecular formula is C18H25ClN2O2S2. The fourth-order valence-corrected chi connectivity index (χ4v) is 5.73. The molecule has 138 valence electrons. The van der Waals surface area contributed by atoms with E-state index in [4.69, 9.17) is 16.3 Å². The third kappa shape index (κ3) is 5.54. The van der Waals surface area contributed by atoms with Crippen molar-refractivity contribution in [3.63, 3.8) is 0 Å². The van der Waals surface area contributed by atoms with Gasteiger partial charge in [0.1, 0.15) is 0 Å². The SMILES string of the molecule is O=C(CCSc1ccc(Cl)cc1)NCC1(N2CCOCC2)CCSC1. The summed E-state index contributed by atoms with van der Waals surface area (Å²) in [7, 11) is 0. The molecule has 2 heterocycles. The number of hydrogen-bond acceptors (Lipinski definition) is 5. The van der Waals surface area contributed by atoms with E-state index in [-0.39, 0.29) is 11.4 Å². The molecule has 0 bridgehead atoms. The first-order valence-corrected chi connectivity index (χ1v) is 11.3. The van der Waals surface area contributed by atoms with Crippen LogP contribution < -0.4 is 5.32 Å². The minimum absolute atomic E-state index is 0.118. The number of nitrogens with one attached hydrogen (secondary N) is 1. The first-order valence-electron chi connectivity index (χ1n) is 8.74. The fraction of sp³-hybridized carbons (Fsp3) is 0.611. The predicted octanol–water partition coefficient (Wildman–Crippen LogP) is 3.15. The minimum Gasteiger partial charge on any atom is -0.379 e. The van der Waals surface area contributed by atoms with Crippen LogP contribution in [-0.2, 0) is 9.53 Å². The van der Waals surface area contributed by atoms with Gasteiger partial charge in [0.2, 0.25) is 5.91 Å². The molecule has 0 aromatic heterocycles. The zero-order chi connectivity index (χ0) is 17.5. The van der Waals surface area contributed by atoms with Crippen molar-refractivity contribution >= 4 is 41.0 Å². The van der Waals surface area contributed by atoms with Crippen LogP contribution >= 0.6 is 35.1 Å². The number of ether oxygens (including phenoxy) is 1. The van der Waals surface area contributed by atoms with E-state index in [0.717, 1.165) is 60.7 Å². The van der Waals surface area contributed by atoms with Crippen LogP contribution in [0.15, 0.2) is 29.2 Å². The Morgan fingerprint density at radius 2 is 2.08 bits per heavy atom. The zero-order valence-corrected chi connectivity index (χ0v) is 16.7.